The van der Waals surface area contributed by atoms with Crippen molar-refractivity contribution in [3.8, 4) is 0 Å². The number of nitrogen functional groups attached to an aromatic ring is 1. The molecule has 5 nitrogen and oxygen atoms in total. The van der Waals surface area contributed by atoms with E-state index in [2.05, 4.69) is 15.6 Å². The number of hydrogen-bond acceptors (Lipinski definition) is 4. The molecule has 92 valence electrons. The predicted octanol–water partition coefficient (Wildman–Crippen LogP) is -0.305. The molecule has 0 unspecified atom stereocenters. The number of rotatable bonds is 3. The Bertz CT molecular complexity index is 371. The fraction of sp³-hybridized carbons (Fsp3) is 0.417. The van der Waals surface area contributed by atoms with Gasteiger partial charge in [0.1, 0.15) is 0 Å². The fourth-order valence-corrected chi connectivity index (χ4v) is 1.97. The number of piperazine rings is 1. The molecule has 0 aliphatic carbocycles. The summed E-state index contributed by atoms with van der Waals surface area (Å²) in [6.45, 7) is 5.18. The normalized spacial score (nSPS) is 16.8. The highest BCUT2D eigenvalue weighted by atomic mass is 16.2. The Hall–Kier alpha value is -1.43. The van der Waals surface area contributed by atoms with E-state index in [0.717, 1.165) is 32.7 Å². The Balaban J connectivity index is 1.95. The second-order valence-electron chi connectivity index (χ2n) is 4.20. The summed E-state index contributed by atoms with van der Waals surface area (Å²) in [6, 6.07) is 7.57. The van der Waals surface area contributed by atoms with Gasteiger partial charge in [-0.1, -0.05) is 12.1 Å². The quantitative estimate of drug-likeness (QED) is 0.381. The summed E-state index contributed by atoms with van der Waals surface area (Å²) in [7, 11) is 0. The standard InChI is InChI=1S/C12H18N4O/c13-15-12(17)11-3-1-10(2-4-11)9-16-7-5-14-6-8-16/h1-4,14H,5-9,13H2,(H,15,17). The first-order chi connectivity index (χ1) is 8.29. The molecule has 0 bridgehead atoms. The lowest BCUT2D eigenvalue weighted by Gasteiger charge is -2.27. The minimum atomic E-state index is -0.251. The van der Waals surface area contributed by atoms with E-state index in [-0.39, 0.29) is 5.91 Å². The van der Waals surface area contributed by atoms with Gasteiger partial charge in [-0.25, -0.2) is 5.84 Å². The van der Waals surface area contributed by atoms with Gasteiger partial charge in [-0.2, -0.15) is 0 Å². The SMILES string of the molecule is NNC(=O)c1ccc(CN2CCNCC2)cc1. The van der Waals surface area contributed by atoms with Gasteiger partial charge in [0.25, 0.3) is 5.91 Å². The number of nitrogens with zero attached hydrogens (tertiary/aromatic N) is 1. The van der Waals surface area contributed by atoms with Crippen LogP contribution in [-0.4, -0.2) is 37.0 Å². The summed E-state index contributed by atoms with van der Waals surface area (Å²) < 4.78 is 0. The zero-order chi connectivity index (χ0) is 12.1. The number of hydrazine groups is 1. The Morgan fingerprint density at radius 3 is 2.53 bits per heavy atom. The summed E-state index contributed by atoms with van der Waals surface area (Å²) in [5.41, 5.74) is 3.94. The Labute approximate surface area is 101 Å². The number of nitrogens with two attached hydrogens (primary N) is 1. The molecule has 1 aliphatic heterocycles. The maximum Gasteiger partial charge on any atom is 0.265 e. The highest BCUT2D eigenvalue weighted by Gasteiger charge is 2.10. The fourth-order valence-electron chi connectivity index (χ4n) is 1.97. The number of amides is 1. The van der Waals surface area contributed by atoms with Crippen LogP contribution in [0.15, 0.2) is 24.3 Å². The molecule has 1 saturated heterocycles. The second kappa shape index (κ2) is 5.77. The third-order valence-electron chi connectivity index (χ3n) is 2.96. The molecule has 1 amide bonds. The van der Waals surface area contributed by atoms with Crippen molar-refractivity contribution in [1.82, 2.24) is 15.6 Å². The summed E-state index contributed by atoms with van der Waals surface area (Å²) >= 11 is 0. The van der Waals surface area contributed by atoms with Crippen LogP contribution in [0.3, 0.4) is 0 Å². The van der Waals surface area contributed by atoms with Gasteiger partial charge in [-0.05, 0) is 17.7 Å². The van der Waals surface area contributed by atoms with Crippen LogP contribution in [0.1, 0.15) is 15.9 Å². The molecular formula is C12H18N4O. The van der Waals surface area contributed by atoms with E-state index >= 15 is 0 Å². The van der Waals surface area contributed by atoms with Crippen molar-refractivity contribution in [1.29, 1.82) is 0 Å². The summed E-state index contributed by atoms with van der Waals surface area (Å²) in [6.07, 6.45) is 0. The number of benzene rings is 1. The molecule has 0 aromatic heterocycles. The van der Waals surface area contributed by atoms with Crippen LogP contribution in [0.5, 0.6) is 0 Å². The molecule has 0 radical (unpaired) electrons. The summed E-state index contributed by atoms with van der Waals surface area (Å²) in [4.78, 5) is 13.7. The maximum absolute atomic E-state index is 11.3. The van der Waals surface area contributed by atoms with Crippen molar-refractivity contribution < 1.29 is 4.79 Å². The van der Waals surface area contributed by atoms with Crippen molar-refractivity contribution in [2.75, 3.05) is 26.2 Å². The van der Waals surface area contributed by atoms with Crippen molar-refractivity contribution in [2.24, 2.45) is 5.84 Å². The number of carbonyl (C=O) groups is 1. The Kier molecular flexibility index (Phi) is 4.08. The van der Waals surface area contributed by atoms with Gasteiger partial charge >= 0.3 is 0 Å². The monoisotopic (exact) mass is 234 g/mol. The third-order valence-corrected chi connectivity index (χ3v) is 2.96. The molecule has 0 atom stereocenters. The predicted molar refractivity (Wildman–Crippen MR) is 66.2 cm³/mol. The first-order valence-corrected chi connectivity index (χ1v) is 5.82. The molecule has 5 heteroatoms. The minimum absolute atomic E-state index is 0.251. The Morgan fingerprint density at radius 1 is 1.29 bits per heavy atom. The van der Waals surface area contributed by atoms with Crippen molar-refractivity contribution in [3.63, 3.8) is 0 Å². The van der Waals surface area contributed by atoms with E-state index in [9.17, 15) is 4.79 Å². The Morgan fingerprint density at radius 2 is 1.94 bits per heavy atom. The van der Waals surface area contributed by atoms with Gasteiger partial charge < -0.3 is 5.32 Å². The summed E-state index contributed by atoms with van der Waals surface area (Å²) in [5.74, 6) is 4.83. The molecule has 1 fully saturated rings. The molecule has 1 aliphatic rings. The second-order valence-corrected chi connectivity index (χ2v) is 4.20. The minimum Gasteiger partial charge on any atom is -0.314 e. The third kappa shape index (κ3) is 3.26. The van der Waals surface area contributed by atoms with Crippen molar-refractivity contribution >= 4 is 5.91 Å². The van der Waals surface area contributed by atoms with Gasteiger partial charge in [-0.15, -0.1) is 0 Å². The van der Waals surface area contributed by atoms with E-state index < -0.39 is 0 Å². The average Bonchev–Trinajstić information content (AvgIpc) is 2.40. The molecule has 2 rings (SSSR count). The molecule has 17 heavy (non-hydrogen) atoms. The number of nitrogens with one attached hydrogen (secondary N) is 2. The lowest BCUT2D eigenvalue weighted by molar-refractivity contribution is 0.0953. The van der Waals surface area contributed by atoms with Crippen LogP contribution in [0.4, 0.5) is 0 Å². The molecular weight excluding hydrogens is 216 g/mol. The lowest BCUT2D eigenvalue weighted by Crippen LogP contribution is -2.42. The van der Waals surface area contributed by atoms with E-state index in [1.165, 1.54) is 5.56 Å². The molecule has 0 spiro atoms. The van der Waals surface area contributed by atoms with Gasteiger partial charge in [0.2, 0.25) is 0 Å². The molecule has 1 aromatic carbocycles. The van der Waals surface area contributed by atoms with Crippen LogP contribution in [0.2, 0.25) is 0 Å². The lowest BCUT2D eigenvalue weighted by atomic mass is 10.1. The van der Waals surface area contributed by atoms with Crippen LogP contribution in [-0.2, 0) is 6.54 Å². The first kappa shape index (κ1) is 12.0. The number of hydrogen-bond donors (Lipinski definition) is 3. The van der Waals surface area contributed by atoms with Crippen molar-refractivity contribution in [2.45, 2.75) is 6.54 Å². The number of carbonyl (C=O) groups excluding carboxylic acids is 1. The van der Waals surface area contributed by atoms with Crippen LogP contribution in [0, 0.1) is 0 Å². The highest BCUT2D eigenvalue weighted by molar-refractivity contribution is 5.93. The molecule has 1 heterocycles. The van der Waals surface area contributed by atoms with Gasteiger partial charge in [0.05, 0.1) is 0 Å². The van der Waals surface area contributed by atoms with Gasteiger partial charge in [0, 0.05) is 38.3 Å². The van der Waals surface area contributed by atoms with E-state index in [1.54, 1.807) is 12.1 Å². The van der Waals surface area contributed by atoms with Crippen LogP contribution in [0.25, 0.3) is 0 Å². The summed E-state index contributed by atoms with van der Waals surface area (Å²) in [5, 5.41) is 3.32. The average molecular weight is 234 g/mol. The zero-order valence-electron chi connectivity index (χ0n) is 9.78. The topological polar surface area (TPSA) is 70.4 Å². The van der Waals surface area contributed by atoms with E-state index in [0.29, 0.717) is 5.56 Å². The first-order valence-electron chi connectivity index (χ1n) is 5.82. The van der Waals surface area contributed by atoms with Crippen molar-refractivity contribution in [3.05, 3.63) is 35.4 Å². The zero-order valence-corrected chi connectivity index (χ0v) is 9.78. The molecule has 1 aromatic rings. The van der Waals surface area contributed by atoms with E-state index in [1.807, 2.05) is 12.1 Å². The van der Waals surface area contributed by atoms with Gasteiger partial charge in [0.15, 0.2) is 0 Å². The largest absolute Gasteiger partial charge is 0.314 e. The maximum atomic E-state index is 11.3. The smallest absolute Gasteiger partial charge is 0.265 e. The highest BCUT2D eigenvalue weighted by Crippen LogP contribution is 2.08. The molecule has 4 N–H and O–H groups in total. The van der Waals surface area contributed by atoms with Crippen LogP contribution >= 0.6 is 0 Å². The van der Waals surface area contributed by atoms with Gasteiger partial charge in [-0.3, -0.25) is 15.1 Å². The van der Waals surface area contributed by atoms with E-state index in [4.69, 9.17) is 5.84 Å². The van der Waals surface area contributed by atoms with Crippen LogP contribution < -0.4 is 16.6 Å². The molecule has 0 saturated carbocycles.